The zero-order chi connectivity index (χ0) is 6.85. The maximum absolute atomic E-state index is 9.27. The van der Waals surface area contributed by atoms with Gasteiger partial charge in [0.2, 0.25) is 0 Å². The highest BCUT2D eigenvalue weighted by molar-refractivity contribution is 14.1. The lowest BCUT2D eigenvalue weighted by Crippen LogP contribution is -2.15. The fourth-order valence-electron chi connectivity index (χ4n) is 1.04. The van der Waals surface area contributed by atoms with Crippen LogP contribution in [-0.4, -0.2) is 11.2 Å². The Kier molecular flexibility index (Phi) is 2.52. The summed E-state index contributed by atoms with van der Waals surface area (Å²) in [6, 6.07) is 0. The van der Waals surface area contributed by atoms with E-state index in [1.54, 1.807) is 0 Å². The Hall–Kier alpha value is 0.430. The molecule has 0 aromatic carbocycles. The lowest BCUT2D eigenvalue weighted by Gasteiger charge is -2.20. The Morgan fingerprint density at radius 1 is 1.78 bits per heavy atom. The summed E-state index contributed by atoms with van der Waals surface area (Å²) < 4.78 is 1.12. The number of rotatable bonds is 0. The Balaban J connectivity index is 2.56. The molecule has 2 heteroatoms. The monoisotopic (exact) mass is 238 g/mol. The summed E-state index contributed by atoms with van der Waals surface area (Å²) >= 11 is 2.20. The van der Waals surface area contributed by atoms with Gasteiger partial charge < -0.3 is 5.11 Å². The third-order valence-corrected chi connectivity index (χ3v) is 2.82. The molecule has 0 unspecified atom stereocenters. The Labute approximate surface area is 69.3 Å². The van der Waals surface area contributed by atoms with Crippen molar-refractivity contribution in [3.8, 4) is 0 Å². The van der Waals surface area contributed by atoms with Gasteiger partial charge in [0.15, 0.2) is 0 Å². The van der Waals surface area contributed by atoms with E-state index in [2.05, 4.69) is 35.6 Å². The van der Waals surface area contributed by atoms with E-state index in [0.717, 1.165) is 16.4 Å². The fraction of sp³-hybridized carbons (Fsp3) is 0.714. The van der Waals surface area contributed by atoms with E-state index >= 15 is 0 Å². The number of hydrogen-bond donors (Lipinski definition) is 1. The van der Waals surface area contributed by atoms with Gasteiger partial charge in [-0.05, 0) is 41.4 Å². The van der Waals surface area contributed by atoms with Crippen molar-refractivity contribution in [1.82, 2.24) is 0 Å². The SMILES string of the molecule is C[C@@H]1CC=C(I)[C@@H](O)C1. The van der Waals surface area contributed by atoms with Crippen LogP contribution in [0.2, 0.25) is 0 Å². The van der Waals surface area contributed by atoms with Gasteiger partial charge in [-0.3, -0.25) is 0 Å². The first-order valence-corrected chi connectivity index (χ1v) is 4.31. The zero-order valence-electron chi connectivity index (χ0n) is 5.47. The van der Waals surface area contributed by atoms with Crippen molar-refractivity contribution in [3.05, 3.63) is 9.66 Å². The van der Waals surface area contributed by atoms with E-state index in [1.807, 2.05) is 0 Å². The molecule has 0 saturated heterocycles. The van der Waals surface area contributed by atoms with Crippen LogP contribution in [0, 0.1) is 5.92 Å². The third kappa shape index (κ3) is 1.93. The number of halogens is 1. The van der Waals surface area contributed by atoms with Crippen LogP contribution >= 0.6 is 22.6 Å². The molecule has 52 valence electrons. The molecule has 1 aliphatic rings. The minimum absolute atomic E-state index is 0.172. The molecule has 0 bridgehead atoms. The van der Waals surface area contributed by atoms with Crippen LogP contribution in [0.1, 0.15) is 19.8 Å². The molecule has 1 rings (SSSR count). The van der Waals surface area contributed by atoms with Crippen LogP contribution in [0.15, 0.2) is 9.66 Å². The molecule has 0 saturated carbocycles. The van der Waals surface area contributed by atoms with Crippen molar-refractivity contribution < 1.29 is 5.11 Å². The second kappa shape index (κ2) is 3.01. The van der Waals surface area contributed by atoms with Crippen molar-refractivity contribution in [2.45, 2.75) is 25.9 Å². The quantitative estimate of drug-likeness (QED) is 0.640. The fourth-order valence-corrected chi connectivity index (χ4v) is 1.55. The summed E-state index contributed by atoms with van der Waals surface area (Å²) in [7, 11) is 0. The van der Waals surface area contributed by atoms with Gasteiger partial charge in [-0.2, -0.15) is 0 Å². The van der Waals surface area contributed by atoms with E-state index in [9.17, 15) is 5.11 Å². The average molecular weight is 238 g/mol. The number of aliphatic hydroxyl groups excluding tert-OH is 1. The van der Waals surface area contributed by atoms with Gasteiger partial charge >= 0.3 is 0 Å². The predicted octanol–water partition coefficient (Wildman–Crippen LogP) is 2.10. The van der Waals surface area contributed by atoms with Crippen LogP contribution in [0.25, 0.3) is 0 Å². The van der Waals surface area contributed by atoms with Crippen molar-refractivity contribution in [2.75, 3.05) is 0 Å². The van der Waals surface area contributed by atoms with Crippen LogP contribution < -0.4 is 0 Å². The Bertz CT molecular complexity index is 131. The maximum Gasteiger partial charge on any atom is 0.0846 e. The van der Waals surface area contributed by atoms with E-state index in [0.29, 0.717) is 5.92 Å². The van der Waals surface area contributed by atoms with Crippen LogP contribution in [0.3, 0.4) is 0 Å². The van der Waals surface area contributed by atoms with Crippen LogP contribution in [-0.2, 0) is 0 Å². The van der Waals surface area contributed by atoms with Gasteiger partial charge in [0.25, 0.3) is 0 Å². The molecule has 9 heavy (non-hydrogen) atoms. The minimum atomic E-state index is -0.172. The topological polar surface area (TPSA) is 20.2 Å². The first kappa shape index (κ1) is 7.54. The largest absolute Gasteiger partial charge is 0.388 e. The lowest BCUT2D eigenvalue weighted by molar-refractivity contribution is 0.181. The van der Waals surface area contributed by atoms with Crippen LogP contribution in [0.5, 0.6) is 0 Å². The first-order chi connectivity index (χ1) is 4.20. The molecule has 0 aromatic heterocycles. The van der Waals surface area contributed by atoms with Gasteiger partial charge in [0.05, 0.1) is 6.10 Å². The first-order valence-electron chi connectivity index (χ1n) is 3.23. The van der Waals surface area contributed by atoms with Crippen molar-refractivity contribution in [2.24, 2.45) is 5.92 Å². The molecule has 0 fully saturated rings. The Morgan fingerprint density at radius 3 is 2.89 bits per heavy atom. The molecule has 1 nitrogen and oxygen atoms in total. The molecular formula is C7H11IO. The van der Waals surface area contributed by atoms with Gasteiger partial charge in [0, 0.05) is 3.58 Å². The number of hydrogen-bond acceptors (Lipinski definition) is 1. The summed E-state index contributed by atoms with van der Waals surface area (Å²) in [6.07, 6.45) is 4.03. The normalized spacial score (nSPS) is 36.1. The van der Waals surface area contributed by atoms with Crippen molar-refractivity contribution >= 4 is 22.6 Å². The summed E-state index contributed by atoms with van der Waals surface area (Å²) in [6.45, 7) is 2.17. The van der Waals surface area contributed by atoms with E-state index in [-0.39, 0.29) is 6.10 Å². The number of aliphatic hydroxyl groups is 1. The molecular weight excluding hydrogens is 227 g/mol. The highest BCUT2D eigenvalue weighted by Crippen LogP contribution is 2.26. The molecule has 0 heterocycles. The molecule has 0 aromatic rings. The van der Waals surface area contributed by atoms with Gasteiger partial charge in [0.1, 0.15) is 0 Å². The highest BCUT2D eigenvalue weighted by atomic mass is 127. The van der Waals surface area contributed by atoms with E-state index in [4.69, 9.17) is 0 Å². The summed E-state index contributed by atoms with van der Waals surface area (Å²) in [5.41, 5.74) is 0. The zero-order valence-corrected chi connectivity index (χ0v) is 7.63. The number of allylic oxidation sites excluding steroid dienone is 1. The third-order valence-electron chi connectivity index (χ3n) is 1.66. The van der Waals surface area contributed by atoms with E-state index in [1.165, 1.54) is 0 Å². The highest BCUT2D eigenvalue weighted by Gasteiger charge is 2.16. The summed E-state index contributed by atoms with van der Waals surface area (Å²) in [4.78, 5) is 0. The van der Waals surface area contributed by atoms with Gasteiger partial charge in [-0.1, -0.05) is 13.0 Å². The smallest absolute Gasteiger partial charge is 0.0846 e. The second-order valence-electron chi connectivity index (χ2n) is 2.68. The molecule has 0 spiro atoms. The van der Waals surface area contributed by atoms with Crippen LogP contribution in [0.4, 0.5) is 0 Å². The maximum atomic E-state index is 9.27. The molecule has 0 radical (unpaired) electrons. The standard InChI is InChI=1S/C7H11IO/c1-5-2-3-6(8)7(9)4-5/h3,5,7,9H,2,4H2,1H3/t5-,7+/m1/s1. The molecule has 2 atom stereocenters. The van der Waals surface area contributed by atoms with Crippen molar-refractivity contribution in [3.63, 3.8) is 0 Å². The molecule has 0 amide bonds. The van der Waals surface area contributed by atoms with Crippen molar-refractivity contribution in [1.29, 1.82) is 0 Å². The summed E-state index contributed by atoms with van der Waals surface area (Å²) in [5.74, 6) is 0.665. The molecule has 0 aliphatic heterocycles. The summed E-state index contributed by atoms with van der Waals surface area (Å²) in [5, 5.41) is 9.27. The van der Waals surface area contributed by atoms with E-state index < -0.39 is 0 Å². The predicted molar refractivity (Wildman–Crippen MR) is 46.5 cm³/mol. The van der Waals surface area contributed by atoms with Gasteiger partial charge in [-0.25, -0.2) is 0 Å². The lowest BCUT2D eigenvalue weighted by atomic mass is 9.95. The minimum Gasteiger partial charge on any atom is -0.388 e. The molecule has 1 N–H and O–H groups in total. The van der Waals surface area contributed by atoms with Gasteiger partial charge in [-0.15, -0.1) is 0 Å². The Morgan fingerprint density at radius 2 is 2.44 bits per heavy atom. The average Bonchev–Trinajstić information content (AvgIpc) is 1.80. The second-order valence-corrected chi connectivity index (χ2v) is 3.93. The molecule has 1 aliphatic carbocycles.